The molecule has 1 aliphatic rings. The summed E-state index contributed by atoms with van der Waals surface area (Å²) in [5.41, 5.74) is 1.74. The van der Waals surface area contributed by atoms with Crippen LogP contribution in [0, 0.1) is 13.8 Å². The zero-order valence-corrected chi connectivity index (χ0v) is 17.8. The molecule has 9 heteroatoms. The van der Waals surface area contributed by atoms with E-state index in [2.05, 4.69) is 5.32 Å². The third-order valence-corrected chi connectivity index (χ3v) is 7.15. The molecule has 0 aromatic heterocycles. The number of nitrogens with zero attached hydrogens (tertiary/aromatic N) is 1. The van der Waals surface area contributed by atoms with E-state index in [4.69, 9.17) is 16.3 Å². The maximum atomic E-state index is 13.1. The van der Waals surface area contributed by atoms with Crippen LogP contribution in [-0.2, 0) is 19.6 Å². The van der Waals surface area contributed by atoms with E-state index in [1.807, 2.05) is 0 Å². The van der Waals surface area contributed by atoms with Crippen molar-refractivity contribution in [2.24, 2.45) is 0 Å². The lowest BCUT2D eigenvalue weighted by Crippen LogP contribution is -2.45. The number of methoxy groups -OCH3 is 1. The van der Waals surface area contributed by atoms with Crippen molar-refractivity contribution in [1.82, 2.24) is 4.31 Å². The number of amides is 2. The van der Waals surface area contributed by atoms with Crippen LogP contribution in [0.3, 0.4) is 0 Å². The van der Waals surface area contributed by atoms with Gasteiger partial charge >= 0.3 is 0 Å². The molecule has 1 saturated heterocycles. The van der Waals surface area contributed by atoms with Gasteiger partial charge in [-0.05, 0) is 61.7 Å². The Balaban J connectivity index is 1.92. The van der Waals surface area contributed by atoms with Crippen LogP contribution in [0.2, 0.25) is 5.02 Å². The molecule has 0 spiro atoms. The van der Waals surface area contributed by atoms with E-state index in [9.17, 15) is 18.0 Å². The number of hydrogen-bond acceptors (Lipinski definition) is 5. The number of nitrogens with one attached hydrogen (secondary N) is 1. The summed E-state index contributed by atoms with van der Waals surface area (Å²) in [6, 6.07) is 8.22. The maximum absolute atomic E-state index is 13.1. The molecular formula is C20H21ClN2O5S. The maximum Gasteiger partial charge on any atom is 0.267 e. The minimum atomic E-state index is -4.20. The first-order valence-electron chi connectivity index (χ1n) is 8.94. The van der Waals surface area contributed by atoms with Gasteiger partial charge in [0.1, 0.15) is 11.8 Å². The van der Waals surface area contributed by atoms with E-state index < -0.39 is 27.9 Å². The molecule has 2 aromatic rings. The predicted octanol–water partition coefficient (Wildman–Crippen LogP) is 3.28. The molecule has 2 aromatic carbocycles. The molecule has 0 saturated carbocycles. The van der Waals surface area contributed by atoms with Gasteiger partial charge in [-0.3, -0.25) is 9.59 Å². The van der Waals surface area contributed by atoms with E-state index in [-0.39, 0.29) is 17.7 Å². The summed E-state index contributed by atoms with van der Waals surface area (Å²) >= 11 is 6.08. The Morgan fingerprint density at radius 3 is 2.62 bits per heavy atom. The average molecular weight is 437 g/mol. The molecule has 1 atom stereocenters. The molecule has 0 unspecified atom stereocenters. The fourth-order valence-corrected chi connectivity index (χ4v) is 5.15. The molecule has 0 bridgehead atoms. The average Bonchev–Trinajstić information content (AvgIpc) is 3.07. The van der Waals surface area contributed by atoms with Crippen LogP contribution < -0.4 is 10.1 Å². The molecule has 2 amide bonds. The first-order chi connectivity index (χ1) is 13.7. The molecule has 1 aliphatic heterocycles. The minimum absolute atomic E-state index is 0.0268. The number of rotatable bonds is 5. The molecule has 0 aliphatic carbocycles. The van der Waals surface area contributed by atoms with Crippen molar-refractivity contribution in [2.75, 3.05) is 12.4 Å². The van der Waals surface area contributed by atoms with E-state index in [1.165, 1.54) is 25.3 Å². The Labute approximate surface area is 174 Å². The van der Waals surface area contributed by atoms with Gasteiger partial charge in [0.15, 0.2) is 0 Å². The quantitative estimate of drug-likeness (QED) is 0.776. The highest BCUT2D eigenvalue weighted by Gasteiger charge is 2.44. The number of ether oxygens (including phenoxy) is 1. The molecule has 7 nitrogen and oxygen atoms in total. The van der Waals surface area contributed by atoms with E-state index >= 15 is 0 Å². The van der Waals surface area contributed by atoms with Gasteiger partial charge in [-0.2, -0.15) is 0 Å². The molecular weight excluding hydrogens is 416 g/mol. The lowest BCUT2D eigenvalue weighted by molar-refractivity contribution is -0.128. The monoisotopic (exact) mass is 436 g/mol. The van der Waals surface area contributed by atoms with Crippen LogP contribution in [0.4, 0.5) is 5.69 Å². The largest absolute Gasteiger partial charge is 0.496 e. The van der Waals surface area contributed by atoms with Crippen LogP contribution in [0.1, 0.15) is 24.0 Å². The van der Waals surface area contributed by atoms with E-state index in [0.717, 1.165) is 0 Å². The Morgan fingerprint density at radius 1 is 1.24 bits per heavy atom. The minimum Gasteiger partial charge on any atom is -0.496 e. The topological polar surface area (TPSA) is 92.8 Å². The Kier molecular flexibility index (Phi) is 5.86. The fraction of sp³-hybridized carbons (Fsp3) is 0.300. The summed E-state index contributed by atoms with van der Waals surface area (Å²) in [6.45, 7) is 3.45. The lowest BCUT2D eigenvalue weighted by Gasteiger charge is -2.24. The Morgan fingerprint density at radius 2 is 1.97 bits per heavy atom. The first-order valence-corrected chi connectivity index (χ1v) is 10.8. The van der Waals surface area contributed by atoms with E-state index in [0.29, 0.717) is 31.9 Å². The van der Waals surface area contributed by atoms with Crippen molar-refractivity contribution in [3.63, 3.8) is 0 Å². The van der Waals surface area contributed by atoms with Crippen molar-refractivity contribution in [2.45, 2.75) is 37.6 Å². The van der Waals surface area contributed by atoms with Gasteiger partial charge in [0.25, 0.3) is 10.0 Å². The van der Waals surface area contributed by atoms with Gasteiger partial charge in [-0.25, -0.2) is 12.7 Å². The highest BCUT2D eigenvalue weighted by Crippen LogP contribution is 2.31. The summed E-state index contributed by atoms with van der Waals surface area (Å²) in [5, 5.41) is 3.17. The number of carbonyl (C=O) groups excluding carboxylic acids is 2. The van der Waals surface area contributed by atoms with Crippen LogP contribution in [0.15, 0.2) is 41.3 Å². The van der Waals surface area contributed by atoms with Gasteiger partial charge in [-0.15, -0.1) is 0 Å². The summed E-state index contributed by atoms with van der Waals surface area (Å²) in [6.07, 6.45) is 0.0830. The summed E-state index contributed by atoms with van der Waals surface area (Å²) in [4.78, 5) is 25.2. The number of aryl methyl sites for hydroxylation is 1. The second-order valence-corrected chi connectivity index (χ2v) is 9.00. The molecule has 1 heterocycles. The van der Waals surface area contributed by atoms with Gasteiger partial charge in [0.2, 0.25) is 11.8 Å². The SMILES string of the molecule is COc1ccc(S(=O)(=O)N2C(=O)CC[C@@H]2C(=O)Nc2cccc(Cl)c2C)cc1C. The normalized spacial score (nSPS) is 16.8. The Hall–Kier alpha value is -2.58. The second kappa shape index (κ2) is 8.04. The number of hydrogen-bond donors (Lipinski definition) is 1. The van der Waals surface area contributed by atoms with Gasteiger partial charge in [-0.1, -0.05) is 17.7 Å². The van der Waals surface area contributed by atoms with Crippen molar-refractivity contribution in [1.29, 1.82) is 0 Å². The predicted molar refractivity (Wildman–Crippen MR) is 110 cm³/mol. The highest BCUT2D eigenvalue weighted by atomic mass is 35.5. The smallest absolute Gasteiger partial charge is 0.267 e. The fourth-order valence-electron chi connectivity index (χ4n) is 3.28. The van der Waals surface area contributed by atoms with Crippen LogP contribution in [0.25, 0.3) is 0 Å². The number of sulfonamides is 1. The molecule has 29 heavy (non-hydrogen) atoms. The van der Waals surface area contributed by atoms with Gasteiger partial charge < -0.3 is 10.1 Å². The zero-order valence-electron chi connectivity index (χ0n) is 16.2. The molecule has 3 rings (SSSR count). The number of carbonyl (C=O) groups is 2. The van der Waals surface area contributed by atoms with E-state index in [1.54, 1.807) is 32.0 Å². The number of benzene rings is 2. The third kappa shape index (κ3) is 3.95. The first kappa shape index (κ1) is 21.1. The molecule has 154 valence electrons. The summed E-state index contributed by atoms with van der Waals surface area (Å²) in [5.74, 6) is -0.654. The van der Waals surface area contributed by atoms with Gasteiger partial charge in [0.05, 0.1) is 12.0 Å². The summed E-state index contributed by atoms with van der Waals surface area (Å²) in [7, 11) is -2.71. The second-order valence-electron chi connectivity index (χ2n) is 6.78. The van der Waals surface area contributed by atoms with Gasteiger partial charge in [0, 0.05) is 17.1 Å². The number of anilines is 1. The van der Waals surface area contributed by atoms with Crippen molar-refractivity contribution >= 4 is 39.1 Å². The Bertz CT molecular complexity index is 1080. The lowest BCUT2D eigenvalue weighted by atomic mass is 10.1. The molecule has 1 fully saturated rings. The third-order valence-electron chi connectivity index (χ3n) is 4.91. The van der Waals surface area contributed by atoms with Crippen molar-refractivity contribution < 1.29 is 22.7 Å². The molecule has 1 N–H and O–H groups in total. The van der Waals surface area contributed by atoms with Crippen LogP contribution >= 0.6 is 11.6 Å². The molecule has 0 radical (unpaired) electrons. The van der Waals surface area contributed by atoms with Crippen molar-refractivity contribution in [3.05, 3.63) is 52.5 Å². The highest BCUT2D eigenvalue weighted by molar-refractivity contribution is 7.89. The van der Waals surface area contributed by atoms with Crippen LogP contribution in [0.5, 0.6) is 5.75 Å². The van der Waals surface area contributed by atoms with Crippen molar-refractivity contribution in [3.8, 4) is 5.75 Å². The number of halogens is 1. The summed E-state index contributed by atoms with van der Waals surface area (Å²) < 4.78 is 32.1. The van der Waals surface area contributed by atoms with Crippen LogP contribution in [-0.4, -0.2) is 37.7 Å². The standard InChI is InChI=1S/C20H21ClN2O5S/c1-12-11-14(7-9-18(12)28-3)29(26,27)23-17(8-10-19(23)24)20(25)22-16-6-4-5-15(21)13(16)2/h4-7,9,11,17H,8,10H2,1-3H3,(H,22,25)/t17-/m1/s1. The zero-order chi connectivity index (χ0) is 21.3.